The number of unbranched alkanes of at least 4 members (excludes halogenated alkanes) is 2. The standard InChI is InChI=1S/C24H20N4O/c25-13-6-2-5-12-23(29)21-11-7-10-20(27-21)19-14-18-15-22(28-24(18)26-16-19)17-8-3-1-4-9-17/h1,3-4,7-11,14-16H,2,5-6,12H2,(H,26,28). The molecule has 1 aromatic carbocycles. The van der Waals surface area contributed by atoms with E-state index in [0.717, 1.165) is 40.0 Å². The molecule has 0 saturated carbocycles. The molecule has 5 heteroatoms. The van der Waals surface area contributed by atoms with Gasteiger partial charge in [-0.1, -0.05) is 36.4 Å². The van der Waals surface area contributed by atoms with Gasteiger partial charge in [0, 0.05) is 35.7 Å². The number of rotatable bonds is 7. The third-order valence-corrected chi connectivity index (χ3v) is 4.83. The number of pyridine rings is 2. The van der Waals surface area contributed by atoms with Crippen LogP contribution in [0, 0.1) is 11.3 Å². The van der Waals surface area contributed by atoms with E-state index in [1.807, 2.05) is 36.4 Å². The van der Waals surface area contributed by atoms with Crippen LogP contribution >= 0.6 is 0 Å². The van der Waals surface area contributed by atoms with E-state index in [1.165, 1.54) is 0 Å². The zero-order valence-electron chi connectivity index (χ0n) is 15.9. The maximum absolute atomic E-state index is 12.4. The Morgan fingerprint density at radius 3 is 2.69 bits per heavy atom. The summed E-state index contributed by atoms with van der Waals surface area (Å²) in [5, 5.41) is 9.59. The van der Waals surface area contributed by atoms with Crippen molar-refractivity contribution in [3.63, 3.8) is 0 Å². The minimum Gasteiger partial charge on any atom is -0.339 e. The topological polar surface area (TPSA) is 82.4 Å². The summed E-state index contributed by atoms with van der Waals surface area (Å²) in [7, 11) is 0. The number of benzene rings is 1. The fraction of sp³-hybridized carbons (Fsp3) is 0.167. The lowest BCUT2D eigenvalue weighted by Gasteiger charge is -2.04. The van der Waals surface area contributed by atoms with Crippen LogP contribution in [-0.4, -0.2) is 20.7 Å². The highest BCUT2D eigenvalue weighted by Gasteiger charge is 2.11. The van der Waals surface area contributed by atoms with Gasteiger partial charge in [0.1, 0.15) is 11.3 Å². The van der Waals surface area contributed by atoms with Crippen molar-refractivity contribution in [3.05, 3.63) is 72.6 Å². The number of nitrogens with one attached hydrogen (secondary N) is 1. The van der Waals surface area contributed by atoms with Gasteiger partial charge in [0.15, 0.2) is 5.78 Å². The van der Waals surface area contributed by atoms with Crippen LogP contribution < -0.4 is 0 Å². The number of aromatic amines is 1. The molecule has 0 amide bonds. The van der Waals surface area contributed by atoms with Gasteiger partial charge < -0.3 is 4.98 Å². The summed E-state index contributed by atoms with van der Waals surface area (Å²) in [6, 6.07) is 21.8. The van der Waals surface area contributed by atoms with E-state index in [1.54, 1.807) is 12.3 Å². The average molecular weight is 380 g/mol. The van der Waals surface area contributed by atoms with E-state index in [-0.39, 0.29) is 5.78 Å². The number of fused-ring (bicyclic) bond motifs is 1. The fourth-order valence-corrected chi connectivity index (χ4v) is 3.30. The molecule has 0 aliphatic rings. The fourth-order valence-electron chi connectivity index (χ4n) is 3.30. The number of H-pyrrole nitrogens is 1. The van der Waals surface area contributed by atoms with Crippen LogP contribution in [0.4, 0.5) is 0 Å². The van der Waals surface area contributed by atoms with Crippen molar-refractivity contribution in [3.8, 4) is 28.6 Å². The monoisotopic (exact) mass is 380 g/mol. The van der Waals surface area contributed by atoms with Crippen LogP contribution in [0.3, 0.4) is 0 Å². The van der Waals surface area contributed by atoms with Crippen LogP contribution in [0.1, 0.15) is 36.2 Å². The summed E-state index contributed by atoms with van der Waals surface area (Å²) < 4.78 is 0. The molecule has 142 valence electrons. The van der Waals surface area contributed by atoms with Crippen molar-refractivity contribution < 1.29 is 4.79 Å². The van der Waals surface area contributed by atoms with Crippen molar-refractivity contribution in [2.75, 3.05) is 0 Å². The summed E-state index contributed by atoms with van der Waals surface area (Å²) in [6.45, 7) is 0. The first-order chi connectivity index (χ1) is 14.2. The minimum absolute atomic E-state index is 0.00633. The molecule has 4 rings (SSSR count). The highest BCUT2D eigenvalue weighted by Crippen LogP contribution is 2.26. The molecule has 5 nitrogen and oxygen atoms in total. The maximum atomic E-state index is 12.4. The molecule has 0 radical (unpaired) electrons. The first-order valence-corrected chi connectivity index (χ1v) is 9.66. The lowest BCUT2D eigenvalue weighted by molar-refractivity contribution is 0.0975. The number of Topliss-reactive ketones (excluding diaryl/α,β-unsaturated/α-hetero) is 1. The Morgan fingerprint density at radius 2 is 1.86 bits per heavy atom. The second kappa shape index (κ2) is 8.49. The molecular formula is C24H20N4O. The Morgan fingerprint density at radius 1 is 1.00 bits per heavy atom. The predicted octanol–water partition coefficient (Wildman–Crippen LogP) is 5.56. The Kier molecular flexibility index (Phi) is 5.44. The lowest BCUT2D eigenvalue weighted by Crippen LogP contribution is -2.03. The van der Waals surface area contributed by atoms with E-state index >= 15 is 0 Å². The van der Waals surface area contributed by atoms with E-state index in [2.05, 4.69) is 39.2 Å². The number of carbonyl (C=O) groups is 1. The quantitative estimate of drug-likeness (QED) is 0.336. The number of ketones is 1. The SMILES string of the molecule is N#CCCCCC(=O)c1cccc(-c2cnc3[nH]c(-c4ccccc4)cc3c2)n1. The van der Waals surface area contributed by atoms with Gasteiger partial charge in [-0.3, -0.25) is 4.79 Å². The van der Waals surface area contributed by atoms with Crippen LogP contribution in [0.25, 0.3) is 33.5 Å². The Balaban J connectivity index is 1.58. The van der Waals surface area contributed by atoms with Crippen molar-refractivity contribution >= 4 is 16.8 Å². The average Bonchev–Trinajstić information content (AvgIpc) is 3.21. The highest BCUT2D eigenvalue weighted by molar-refractivity contribution is 5.95. The van der Waals surface area contributed by atoms with Gasteiger partial charge in [0.05, 0.1) is 11.8 Å². The summed E-state index contributed by atoms with van der Waals surface area (Å²) in [4.78, 5) is 24.8. The number of nitrogens with zero attached hydrogens (tertiary/aromatic N) is 3. The second-order valence-corrected chi connectivity index (χ2v) is 6.91. The van der Waals surface area contributed by atoms with E-state index < -0.39 is 0 Å². The number of carbonyl (C=O) groups excluding carboxylic acids is 1. The van der Waals surface area contributed by atoms with Gasteiger partial charge >= 0.3 is 0 Å². The Labute approximate surface area is 169 Å². The Bertz CT molecular complexity index is 1190. The molecule has 29 heavy (non-hydrogen) atoms. The molecule has 0 aliphatic carbocycles. The molecular weight excluding hydrogens is 360 g/mol. The van der Waals surface area contributed by atoms with Gasteiger partial charge in [-0.05, 0) is 42.7 Å². The molecule has 0 fully saturated rings. The predicted molar refractivity (Wildman–Crippen MR) is 113 cm³/mol. The van der Waals surface area contributed by atoms with E-state index in [0.29, 0.717) is 25.0 Å². The maximum Gasteiger partial charge on any atom is 0.181 e. The van der Waals surface area contributed by atoms with Crippen LogP contribution in [0.5, 0.6) is 0 Å². The van der Waals surface area contributed by atoms with E-state index in [9.17, 15) is 4.79 Å². The smallest absolute Gasteiger partial charge is 0.181 e. The molecule has 0 atom stereocenters. The molecule has 0 aliphatic heterocycles. The molecule has 3 aromatic heterocycles. The Hall–Kier alpha value is -3.78. The lowest BCUT2D eigenvalue weighted by atomic mass is 10.1. The van der Waals surface area contributed by atoms with Crippen molar-refractivity contribution in [2.45, 2.75) is 25.7 Å². The first kappa shape index (κ1) is 18.6. The van der Waals surface area contributed by atoms with Gasteiger partial charge in [-0.2, -0.15) is 5.26 Å². The minimum atomic E-state index is 0.00633. The number of aromatic nitrogens is 3. The van der Waals surface area contributed by atoms with Gasteiger partial charge in [0.25, 0.3) is 0 Å². The molecule has 0 saturated heterocycles. The molecule has 3 heterocycles. The normalized spacial score (nSPS) is 10.7. The van der Waals surface area contributed by atoms with Crippen molar-refractivity contribution in [1.29, 1.82) is 5.26 Å². The van der Waals surface area contributed by atoms with Gasteiger partial charge in [-0.25, -0.2) is 9.97 Å². The van der Waals surface area contributed by atoms with Crippen LogP contribution in [0.2, 0.25) is 0 Å². The summed E-state index contributed by atoms with van der Waals surface area (Å²) in [5.74, 6) is 0.00633. The largest absolute Gasteiger partial charge is 0.339 e. The zero-order chi connectivity index (χ0) is 20.1. The third kappa shape index (κ3) is 4.22. The van der Waals surface area contributed by atoms with Crippen LogP contribution in [0.15, 0.2) is 66.9 Å². The molecule has 0 bridgehead atoms. The zero-order valence-corrected chi connectivity index (χ0v) is 15.9. The third-order valence-electron chi connectivity index (χ3n) is 4.83. The van der Waals surface area contributed by atoms with Crippen molar-refractivity contribution in [1.82, 2.24) is 15.0 Å². The number of hydrogen-bond acceptors (Lipinski definition) is 4. The van der Waals surface area contributed by atoms with Crippen LogP contribution in [-0.2, 0) is 0 Å². The first-order valence-electron chi connectivity index (χ1n) is 9.66. The van der Waals surface area contributed by atoms with Gasteiger partial charge in [0.2, 0.25) is 0 Å². The highest BCUT2D eigenvalue weighted by atomic mass is 16.1. The summed E-state index contributed by atoms with van der Waals surface area (Å²) >= 11 is 0. The summed E-state index contributed by atoms with van der Waals surface area (Å²) in [5.41, 5.74) is 4.99. The van der Waals surface area contributed by atoms with E-state index in [4.69, 9.17) is 5.26 Å². The summed E-state index contributed by atoms with van der Waals surface area (Å²) in [6.07, 6.45) is 4.11. The number of nitriles is 1. The number of hydrogen-bond donors (Lipinski definition) is 1. The molecule has 4 aromatic rings. The second-order valence-electron chi connectivity index (χ2n) is 6.91. The van der Waals surface area contributed by atoms with Crippen molar-refractivity contribution in [2.24, 2.45) is 0 Å². The molecule has 0 spiro atoms. The molecule has 0 unspecified atom stereocenters. The molecule has 1 N–H and O–H groups in total. The van der Waals surface area contributed by atoms with Gasteiger partial charge in [-0.15, -0.1) is 0 Å².